The van der Waals surface area contributed by atoms with Crippen LogP contribution < -0.4 is 33.3 Å². The largest absolute Gasteiger partial charge is 1.00 e. The van der Waals surface area contributed by atoms with E-state index in [4.69, 9.17) is 4.74 Å². The molecule has 1 aromatic heterocycles. The predicted octanol–water partition coefficient (Wildman–Crippen LogP) is 1.50. The Hall–Kier alpha value is -2.14. The first-order chi connectivity index (χ1) is 11.3. The molecule has 0 N–H and O–H groups in total. The maximum absolute atomic E-state index is 5.30. The molecule has 0 atom stereocenters. The Labute approximate surface area is 158 Å². The molecule has 0 saturated heterocycles. The summed E-state index contributed by atoms with van der Waals surface area (Å²) in [6, 6.07) is 25.4. The summed E-state index contributed by atoms with van der Waals surface area (Å²) >= 11 is 0. The van der Waals surface area contributed by atoms with Crippen molar-refractivity contribution in [2.24, 2.45) is 7.05 Å². The van der Waals surface area contributed by atoms with Crippen molar-refractivity contribution in [3.8, 4) is 16.9 Å². The molecular weight excluding hydrogens is 409 g/mol. The summed E-state index contributed by atoms with van der Waals surface area (Å²) in [4.78, 5) is 0. The van der Waals surface area contributed by atoms with Gasteiger partial charge in [-0.2, -0.15) is 4.57 Å². The molecule has 0 spiro atoms. The van der Waals surface area contributed by atoms with Gasteiger partial charge in [0.25, 0.3) is 0 Å². The minimum Gasteiger partial charge on any atom is -1.00 e. The first-order valence-corrected chi connectivity index (χ1v) is 7.73. The molecule has 0 aliphatic carbocycles. The van der Waals surface area contributed by atoms with Crippen LogP contribution in [-0.2, 0) is 7.05 Å². The number of aryl methyl sites for hydroxylation is 1. The van der Waals surface area contributed by atoms with Gasteiger partial charge in [-0.05, 0) is 29.8 Å². The Morgan fingerprint density at radius 1 is 0.708 bits per heavy atom. The van der Waals surface area contributed by atoms with Crippen molar-refractivity contribution in [3.63, 3.8) is 0 Å². The highest BCUT2D eigenvalue weighted by Crippen LogP contribution is 2.34. The predicted molar refractivity (Wildman–Crippen MR) is 94.6 cm³/mol. The first kappa shape index (κ1) is 16.7. The quantitative estimate of drug-likeness (QED) is 0.269. The molecule has 24 heavy (non-hydrogen) atoms. The van der Waals surface area contributed by atoms with E-state index in [1.165, 1.54) is 32.9 Å². The lowest BCUT2D eigenvalue weighted by molar-refractivity contribution is -0.617. The Balaban J connectivity index is 0.00000169. The second kappa shape index (κ2) is 6.77. The molecule has 0 amide bonds. The molecule has 0 bridgehead atoms. The van der Waals surface area contributed by atoms with Crippen LogP contribution in [0.2, 0.25) is 0 Å². The number of nitrogens with zero attached hydrogens (tertiary/aromatic N) is 1. The van der Waals surface area contributed by atoms with E-state index in [1.807, 2.05) is 12.1 Å². The highest BCUT2D eigenvalue weighted by atomic mass is 127. The van der Waals surface area contributed by atoms with Crippen molar-refractivity contribution in [3.05, 3.63) is 72.8 Å². The Morgan fingerprint density at radius 2 is 1.21 bits per heavy atom. The lowest BCUT2D eigenvalue weighted by Gasteiger charge is -2.11. The van der Waals surface area contributed by atoms with Gasteiger partial charge in [0.1, 0.15) is 12.8 Å². The molecule has 0 aliphatic rings. The van der Waals surface area contributed by atoms with Crippen LogP contribution in [0.15, 0.2) is 72.8 Å². The van der Waals surface area contributed by atoms with Gasteiger partial charge >= 0.3 is 0 Å². The topological polar surface area (TPSA) is 13.1 Å². The second-order valence-corrected chi connectivity index (χ2v) is 5.70. The Kier molecular flexibility index (Phi) is 4.71. The van der Waals surface area contributed by atoms with Crippen molar-refractivity contribution < 1.29 is 33.3 Å². The highest BCUT2D eigenvalue weighted by Gasteiger charge is 2.18. The van der Waals surface area contributed by atoms with Gasteiger partial charge in [-0.1, -0.05) is 36.4 Å². The zero-order chi connectivity index (χ0) is 15.8. The molecule has 3 aromatic carbocycles. The minimum atomic E-state index is 0. The number of pyridine rings is 1. The molecule has 0 saturated carbocycles. The number of ether oxygens (including phenoxy) is 1. The van der Waals surface area contributed by atoms with E-state index in [9.17, 15) is 0 Å². The number of aromatic nitrogens is 1. The smallest absolute Gasteiger partial charge is 0.213 e. The summed E-state index contributed by atoms with van der Waals surface area (Å²) in [6.07, 6.45) is 0. The lowest BCUT2D eigenvalue weighted by atomic mass is 9.96. The van der Waals surface area contributed by atoms with Crippen LogP contribution in [0.5, 0.6) is 5.75 Å². The Morgan fingerprint density at radius 3 is 1.71 bits per heavy atom. The monoisotopic (exact) mass is 427 g/mol. The average molecular weight is 427 g/mol. The molecule has 1 heterocycles. The number of halogens is 1. The summed E-state index contributed by atoms with van der Waals surface area (Å²) in [5.41, 5.74) is 4.95. The fourth-order valence-electron chi connectivity index (χ4n) is 3.30. The number of fused-ring (bicyclic) bond motifs is 2. The van der Waals surface area contributed by atoms with Crippen LogP contribution in [0, 0.1) is 0 Å². The van der Waals surface area contributed by atoms with Crippen molar-refractivity contribution in [2.75, 3.05) is 7.11 Å². The van der Waals surface area contributed by atoms with Crippen LogP contribution in [0.3, 0.4) is 0 Å². The van der Waals surface area contributed by atoms with E-state index in [1.54, 1.807) is 7.11 Å². The fourth-order valence-corrected chi connectivity index (χ4v) is 3.30. The molecule has 2 nitrogen and oxygen atoms in total. The van der Waals surface area contributed by atoms with Gasteiger partial charge in [0.2, 0.25) is 11.0 Å². The van der Waals surface area contributed by atoms with E-state index in [-0.39, 0.29) is 24.0 Å². The van der Waals surface area contributed by atoms with Crippen LogP contribution in [0.25, 0.3) is 32.9 Å². The molecule has 120 valence electrons. The van der Waals surface area contributed by atoms with Gasteiger partial charge < -0.3 is 28.7 Å². The molecule has 4 aromatic rings. The molecular formula is C21H18INO. The van der Waals surface area contributed by atoms with Crippen molar-refractivity contribution in [1.29, 1.82) is 0 Å². The summed E-state index contributed by atoms with van der Waals surface area (Å²) in [7, 11) is 3.82. The number of hydrogen-bond acceptors (Lipinski definition) is 1. The number of benzene rings is 3. The van der Waals surface area contributed by atoms with E-state index in [0.29, 0.717) is 0 Å². The average Bonchev–Trinajstić information content (AvgIpc) is 2.63. The highest BCUT2D eigenvalue weighted by molar-refractivity contribution is 6.07. The van der Waals surface area contributed by atoms with E-state index in [0.717, 1.165) is 5.75 Å². The third kappa shape index (κ3) is 2.63. The van der Waals surface area contributed by atoms with E-state index in [2.05, 4.69) is 72.3 Å². The number of rotatable bonds is 2. The van der Waals surface area contributed by atoms with E-state index < -0.39 is 0 Å². The molecule has 4 rings (SSSR count). The summed E-state index contributed by atoms with van der Waals surface area (Å²) in [6.45, 7) is 0. The molecule has 3 heteroatoms. The minimum absolute atomic E-state index is 0. The summed E-state index contributed by atoms with van der Waals surface area (Å²) in [5.74, 6) is 0.879. The van der Waals surface area contributed by atoms with Crippen LogP contribution in [-0.4, -0.2) is 7.11 Å². The van der Waals surface area contributed by atoms with Crippen LogP contribution >= 0.6 is 0 Å². The maximum Gasteiger partial charge on any atom is 0.213 e. The van der Waals surface area contributed by atoms with Gasteiger partial charge in [0, 0.05) is 17.7 Å². The third-order valence-corrected chi connectivity index (χ3v) is 4.45. The third-order valence-electron chi connectivity index (χ3n) is 4.45. The zero-order valence-corrected chi connectivity index (χ0v) is 15.8. The van der Waals surface area contributed by atoms with Gasteiger partial charge in [-0.3, -0.25) is 0 Å². The lowest BCUT2D eigenvalue weighted by Crippen LogP contribution is -3.00. The van der Waals surface area contributed by atoms with Gasteiger partial charge in [0.05, 0.1) is 17.9 Å². The van der Waals surface area contributed by atoms with Crippen molar-refractivity contribution >= 4 is 21.8 Å². The summed E-state index contributed by atoms with van der Waals surface area (Å²) in [5, 5.41) is 2.53. The summed E-state index contributed by atoms with van der Waals surface area (Å²) < 4.78 is 7.56. The van der Waals surface area contributed by atoms with Crippen molar-refractivity contribution in [2.45, 2.75) is 0 Å². The molecule has 0 fully saturated rings. The maximum atomic E-state index is 5.30. The second-order valence-electron chi connectivity index (χ2n) is 5.70. The van der Waals surface area contributed by atoms with Crippen LogP contribution in [0.4, 0.5) is 0 Å². The normalized spacial score (nSPS) is 10.6. The van der Waals surface area contributed by atoms with Crippen molar-refractivity contribution in [1.82, 2.24) is 0 Å². The van der Waals surface area contributed by atoms with E-state index >= 15 is 0 Å². The SMILES string of the molecule is COc1ccc(-c2c3ccccc3[n+](C)c3ccccc23)cc1.[I-]. The number of para-hydroxylation sites is 2. The van der Waals surface area contributed by atoms with Gasteiger partial charge in [-0.15, -0.1) is 0 Å². The van der Waals surface area contributed by atoms with Crippen LogP contribution in [0.1, 0.15) is 0 Å². The fraction of sp³-hybridized carbons (Fsp3) is 0.0952. The molecule has 0 aliphatic heterocycles. The standard InChI is InChI=1S/C21H18NO.HI/c1-22-19-9-5-3-7-17(19)21(18-8-4-6-10-20(18)22)15-11-13-16(23-2)14-12-15;/h3-14H,1-2H3;1H/q+1;/p-1. The zero-order valence-electron chi connectivity index (χ0n) is 13.7. The number of hydrogen-bond donors (Lipinski definition) is 0. The van der Waals surface area contributed by atoms with Gasteiger partial charge in [0.15, 0.2) is 0 Å². The molecule has 0 unspecified atom stereocenters. The molecule has 0 radical (unpaired) electrons. The Bertz CT molecular complexity index is 952. The van der Waals surface area contributed by atoms with Gasteiger partial charge in [-0.25, -0.2) is 0 Å². The number of methoxy groups -OCH3 is 1. The first-order valence-electron chi connectivity index (χ1n) is 7.73.